The lowest BCUT2D eigenvalue weighted by molar-refractivity contribution is -0.140. The van der Waals surface area contributed by atoms with Crippen molar-refractivity contribution in [3.63, 3.8) is 0 Å². The van der Waals surface area contributed by atoms with Crippen molar-refractivity contribution in [3.05, 3.63) is 23.3 Å². The number of piperidine rings is 1. The molecule has 2 fully saturated rings. The molecule has 0 aromatic carbocycles. The fourth-order valence-electron chi connectivity index (χ4n) is 5.92. The van der Waals surface area contributed by atoms with E-state index in [9.17, 15) is 9.90 Å². The van der Waals surface area contributed by atoms with Crippen molar-refractivity contribution < 1.29 is 14.6 Å². The molecule has 0 aromatic rings. The number of likely N-dealkylation sites (tertiary alicyclic amines) is 1. The molecule has 4 rings (SSSR count). The van der Waals surface area contributed by atoms with E-state index < -0.39 is 6.10 Å². The van der Waals surface area contributed by atoms with E-state index in [0.717, 1.165) is 24.8 Å². The first-order valence-corrected chi connectivity index (χ1v) is 10.5. The number of fused-ring (bicyclic) bond motifs is 1. The van der Waals surface area contributed by atoms with E-state index in [0.29, 0.717) is 23.6 Å². The largest absolute Gasteiger partial charge is 0.455 e. The highest BCUT2D eigenvalue weighted by atomic mass is 16.5. The maximum Gasteiger partial charge on any atom is 0.337 e. The molecular formula is C22H33NO3. The quantitative estimate of drug-likeness (QED) is 0.606. The smallest absolute Gasteiger partial charge is 0.337 e. The third-order valence-corrected chi connectivity index (χ3v) is 7.53. The summed E-state index contributed by atoms with van der Waals surface area (Å²) in [6.07, 6.45) is 12.2. The van der Waals surface area contributed by atoms with E-state index in [1.54, 1.807) is 0 Å². The number of carbonyl (C=O) groups is 1. The van der Waals surface area contributed by atoms with Gasteiger partial charge in [0.1, 0.15) is 6.10 Å². The highest BCUT2D eigenvalue weighted by molar-refractivity contribution is 5.94. The molecule has 2 heterocycles. The summed E-state index contributed by atoms with van der Waals surface area (Å²) in [5, 5.41) is 10.9. The Morgan fingerprint density at radius 2 is 1.77 bits per heavy atom. The predicted octanol–water partition coefficient (Wildman–Crippen LogP) is 3.45. The number of carbonyl (C=O) groups excluding carboxylic acids is 1. The number of esters is 1. The number of cyclic esters (lactones) is 1. The third-order valence-electron chi connectivity index (χ3n) is 7.53. The SMILES string of the molecule is C[C@@H]1OC(=O)C2=C1[C@H](C=C[C@H]1CCC[C@H](C)N1C)[C@H]1CCCC[C@@H]1[C@H]2O. The molecule has 26 heavy (non-hydrogen) atoms. The molecule has 4 nitrogen and oxygen atoms in total. The first-order valence-electron chi connectivity index (χ1n) is 10.5. The average molecular weight is 360 g/mol. The van der Waals surface area contributed by atoms with E-state index in [4.69, 9.17) is 4.74 Å². The number of nitrogens with zero attached hydrogens (tertiary/aromatic N) is 1. The number of likely N-dealkylation sites (N-methyl/N-ethyl adjacent to an activating group) is 1. The summed E-state index contributed by atoms with van der Waals surface area (Å²) < 4.78 is 5.53. The highest BCUT2D eigenvalue weighted by Crippen LogP contribution is 2.50. The number of hydrogen-bond donors (Lipinski definition) is 1. The van der Waals surface area contributed by atoms with Crippen molar-refractivity contribution in [1.82, 2.24) is 4.90 Å². The van der Waals surface area contributed by atoms with Gasteiger partial charge in [-0.2, -0.15) is 0 Å². The number of ether oxygens (including phenoxy) is 1. The van der Waals surface area contributed by atoms with Gasteiger partial charge in [-0.1, -0.05) is 31.4 Å². The van der Waals surface area contributed by atoms with Gasteiger partial charge in [0.15, 0.2) is 0 Å². The predicted molar refractivity (Wildman–Crippen MR) is 102 cm³/mol. The van der Waals surface area contributed by atoms with Crippen molar-refractivity contribution >= 4 is 5.97 Å². The summed E-state index contributed by atoms with van der Waals surface area (Å²) in [5.41, 5.74) is 1.65. The first kappa shape index (κ1) is 18.2. The van der Waals surface area contributed by atoms with E-state index in [-0.39, 0.29) is 23.9 Å². The van der Waals surface area contributed by atoms with Crippen molar-refractivity contribution in [2.75, 3.05) is 7.05 Å². The molecule has 4 aliphatic rings. The Bertz CT molecular complexity index is 625. The summed E-state index contributed by atoms with van der Waals surface area (Å²) in [6, 6.07) is 1.10. The van der Waals surface area contributed by atoms with Gasteiger partial charge in [-0.3, -0.25) is 4.90 Å². The zero-order valence-electron chi connectivity index (χ0n) is 16.4. The standard InChI is InChI=1S/C22H33NO3/c1-13-7-6-8-15(23(13)3)11-12-17-16-9-4-5-10-18(16)21(24)20-19(17)14(2)26-22(20)25/h11-18,21,24H,4-10H2,1-3H3/t13-,14-,15+,16+,17+,18-,21+/m0/s1. The summed E-state index contributed by atoms with van der Waals surface area (Å²) in [6.45, 7) is 4.27. The molecule has 0 radical (unpaired) electrons. The topological polar surface area (TPSA) is 49.8 Å². The van der Waals surface area contributed by atoms with Crippen molar-refractivity contribution in [2.45, 2.75) is 83.1 Å². The van der Waals surface area contributed by atoms with Crippen LogP contribution in [0.25, 0.3) is 0 Å². The molecule has 0 spiro atoms. The molecule has 0 aromatic heterocycles. The molecule has 7 atom stereocenters. The molecule has 0 amide bonds. The van der Waals surface area contributed by atoms with Crippen LogP contribution in [0.3, 0.4) is 0 Å². The van der Waals surface area contributed by atoms with Gasteiger partial charge in [0.25, 0.3) is 0 Å². The minimum absolute atomic E-state index is 0.201. The minimum atomic E-state index is -0.630. The van der Waals surface area contributed by atoms with Crippen LogP contribution >= 0.6 is 0 Å². The maximum absolute atomic E-state index is 12.4. The van der Waals surface area contributed by atoms with Crippen LogP contribution in [0.1, 0.15) is 58.8 Å². The second kappa shape index (κ2) is 7.12. The second-order valence-electron chi connectivity index (χ2n) is 8.90. The zero-order chi connectivity index (χ0) is 18.4. The second-order valence-corrected chi connectivity index (χ2v) is 8.90. The molecule has 4 heteroatoms. The summed E-state index contributed by atoms with van der Waals surface area (Å²) >= 11 is 0. The van der Waals surface area contributed by atoms with Crippen LogP contribution < -0.4 is 0 Å². The lowest BCUT2D eigenvalue weighted by Crippen LogP contribution is -2.43. The fraction of sp³-hybridized carbons (Fsp3) is 0.773. The normalized spacial score (nSPS) is 44.2. The molecule has 1 saturated carbocycles. The van der Waals surface area contributed by atoms with E-state index in [1.807, 2.05) is 6.92 Å². The monoisotopic (exact) mass is 359 g/mol. The van der Waals surface area contributed by atoms with Gasteiger partial charge in [-0.25, -0.2) is 4.79 Å². The zero-order valence-corrected chi connectivity index (χ0v) is 16.4. The number of hydrogen-bond acceptors (Lipinski definition) is 4. The van der Waals surface area contributed by atoms with Crippen LogP contribution in [-0.2, 0) is 9.53 Å². The Hall–Kier alpha value is -1.13. The summed E-state index contributed by atoms with van der Waals surface area (Å²) in [7, 11) is 2.22. The van der Waals surface area contributed by atoms with Gasteiger partial charge in [0.05, 0.1) is 11.7 Å². The van der Waals surface area contributed by atoms with Crippen molar-refractivity contribution in [2.24, 2.45) is 17.8 Å². The third kappa shape index (κ3) is 2.95. The summed E-state index contributed by atoms with van der Waals surface area (Å²) in [5.74, 6) is 0.603. The Kier molecular flexibility index (Phi) is 5.00. The minimum Gasteiger partial charge on any atom is -0.455 e. The molecule has 144 valence electrons. The lowest BCUT2D eigenvalue weighted by atomic mass is 9.61. The van der Waals surface area contributed by atoms with E-state index >= 15 is 0 Å². The maximum atomic E-state index is 12.4. The lowest BCUT2D eigenvalue weighted by Gasteiger charge is -2.44. The molecule has 2 aliphatic heterocycles. The van der Waals surface area contributed by atoms with Gasteiger partial charge in [0, 0.05) is 18.0 Å². The van der Waals surface area contributed by atoms with Crippen molar-refractivity contribution in [3.8, 4) is 0 Å². The van der Waals surface area contributed by atoms with Crippen LogP contribution in [0.2, 0.25) is 0 Å². The van der Waals surface area contributed by atoms with Crippen LogP contribution in [0.15, 0.2) is 23.3 Å². The molecule has 0 bridgehead atoms. The number of allylic oxidation sites excluding steroid dienone is 1. The van der Waals surface area contributed by atoms with Crippen LogP contribution in [-0.4, -0.2) is 47.3 Å². The number of rotatable bonds is 2. The van der Waals surface area contributed by atoms with E-state index in [1.165, 1.54) is 25.7 Å². The number of aliphatic hydroxyl groups excluding tert-OH is 1. The van der Waals surface area contributed by atoms with Crippen LogP contribution in [0.4, 0.5) is 0 Å². The van der Waals surface area contributed by atoms with Gasteiger partial charge < -0.3 is 9.84 Å². The number of aliphatic hydroxyl groups is 1. The Labute approximate surface area is 157 Å². The van der Waals surface area contributed by atoms with Crippen molar-refractivity contribution in [1.29, 1.82) is 0 Å². The molecule has 0 unspecified atom stereocenters. The molecule has 1 saturated heterocycles. The summed E-state index contributed by atoms with van der Waals surface area (Å²) in [4.78, 5) is 14.9. The highest BCUT2D eigenvalue weighted by Gasteiger charge is 2.50. The Morgan fingerprint density at radius 3 is 2.54 bits per heavy atom. The van der Waals surface area contributed by atoms with Gasteiger partial charge in [0.2, 0.25) is 0 Å². The Morgan fingerprint density at radius 1 is 1.04 bits per heavy atom. The van der Waals surface area contributed by atoms with Crippen LogP contribution in [0, 0.1) is 17.8 Å². The van der Waals surface area contributed by atoms with Crippen LogP contribution in [0.5, 0.6) is 0 Å². The molecule has 2 aliphatic carbocycles. The van der Waals surface area contributed by atoms with Gasteiger partial charge >= 0.3 is 5.97 Å². The Balaban J connectivity index is 1.66. The fourth-order valence-corrected chi connectivity index (χ4v) is 5.92. The average Bonchev–Trinajstić information content (AvgIpc) is 2.93. The molecular weight excluding hydrogens is 326 g/mol. The molecule has 1 N–H and O–H groups in total. The van der Waals surface area contributed by atoms with Gasteiger partial charge in [-0.05, 0) is 64.0 Å². The first-order chi connectivity index (χ1) is 12.5. The van der Waals surface area contributed by atoms with E-state index in [2.05, 4.69) is 31.0 Å². The van der Waals surface area contributed by atoms with Gasteiger partial charge in [-0.15, -0.1) is 0 Å².